The molecule has 0 radical (unpaired) electrons. The second-order valence-corrected chi connectivity index (χ2v) is 10.0. The van der Waals surface area contributed by atoms with Gasteiger partial charge in [-0.25, -0.2) is 10.1 Å². The number of allylic oxidation sites excluding steroid dienone is 6. The molecule has 1 aromatic carbocycles. The zero-order chi connectivity index (χ0) is 25.2. The summed E-state index contributed by atoms with van der Waals surface area (Å²) in [5.74, 6) is 1.85. The number of tetrazole rings is 1. The number of nitrogens with zero attached hydrogens (tertiary/aromatic N) is 5. The van der Waals surface area contributed by atoms with E-state index in [1.54, 1.807) is 6.20 Å². The number of fused-ring (bicyclic) bond motifs is 2. The Labute approximate surface area is 220 Å². The van der Waals surface area contributed by atoms with Crippen LogP contribution in [0.5, 0.6) is 5.88 Å². The van der Waals surface area contributed by atoms with Gasteiger partial charge < -0.3 is 14.7 Å². The van der Waals surface area contributed by atoms with E-state index >= 15 is 0 Å². The van der Waals surface area contributed by atoms with Gasteiger partial charge in [0.25, 0.3) is 0 Å². The number of halogens is 1. The van der Waals surface area contributed by atoms with Gasteiger partial charge in [-0.1, -0.05) is 42.0 Å². The molecule has 0 amide bonds. The highest BCUT2D eigenvalue weighted by molar-refractivity contribution is 6.30. The molecule has 4 heterocycles. The van der Waals surface area contributed by atoms with Gasteiger partial charge in [0, 0.05) is 42.0 Å². The molecule has 3 aliphatic rings. The van der Waals surface area contributed by atoms with Crippen molar-refractivity contribution in [2.75, 3.05) is 19.6 Å². The number of piperidine rings is 1. The molecule has 8 nitrogen and oxygen atoms in total. The fourth-order valence-corrected chi connectivity index (χ4v) is 5.33. The maximum absolute atomic E-state index is 11.2. The summed E-state index contributed by atoms with van der Waals surface area (Å²) in [6.45, 7) is 2.57. The van der Waals surface area contributed by atoms with Crippen LogP contribution < -0.4 is 4.74 Å². The maximum Gasteiger partial charge on any atom is 0.227 e. The van der Waals surface area contributed by atoms with Gasteiger partial charge in [-0.3, -0.25) is 0 Å². The third-order valence-electron chi connectivity index (χ3n) is 7.30. The molecule has 37 heavy (non-hydrogen) atoms. The first-order valence-electron chi connectivity index (χ1n) is 12.5. The number of nitrogens with one attached hydrogen (secondary N) is 1. The van der Waals surface area contributed by atoms with Crippen LogP contribution in [0.4, 0.5) is 0 Å². The normalized spacial score (nSPS) is 21.9. The number of aromatic amines is 1. The van der Waals surface area contributed by atoms with Crippen molar-refractivity contribution in [1.29, 1.82) is 0 Å². The molecule has 1 atom stereocenters. The van der Waals surface area contributed by atoms with Crippen LogP contribution in [0.25, 0.3) is 5.57 Å². The van der Waals surface area contributed by atoms with Crippen LogP contribution >= 0.6 is 11.6 Å². The summed E-state index contributed by atoms with van der Waals surface area (Å²) in [5.41, 5.74) is 3.14. The van der Waals surface area contributed by atoms with Crippen molar-refractivity contribution >= 4 is 17.2 Å². The first kappa shape index (κ1) is 23.8. The number of rotatable bonds is 5. The first-order chi connectivity index (χ1) is 18.1. The smallest absolute Gasteiger partial charge is 0.227 e. The molecule has 1 saturated heterocycles. The van der Waals surface area contributed by atoms with E-state index in [9.17, 15) is 5.11 Å². The second-order valence-electron chi connectivity index (χ2n) is 9.57. The van der Waals surface area contributed by atoms with Gasteiger partial charge in [0.15, 0.2) is 5.82 Å². The lowest BCUT2D eigenvalue weighted by Crippen LogP contribution is -2.42. The van der Waals surface area contributed by atoms with Crippen molar-refractivity contribution in [3.63, 3.8) is 0 Å². The predicted octanol–water partition coefficient (Wildman–Crippen LogP) is 4.56. The molecular formula is C28H27ClN6O2. The van der Waals surface area contributed by atoms with Crippen LogP contribution in [0.3, 0.4) is 0 Å². The van der Waals surface area contributed by atoms with Gasteiger partial charge in [-0.05, 0) is 77.2 Å². The number of ether oxygens (including phenoxy) is 1. The van der Waals surface area contributed by atoms with Crippen molar-refractivity contribution in [2.24, 2.45) is 0 Å². The Hall–Kier alpha value is -3.59. The number of pyridine rings is 1. The number of benzene rings is 1. The lowest BCUT2D eigenvalue weighted by atomic mass is 9.84. The minimum absolute atomic E-state index is 0.139. The lowest BCUT2D eigenvalue weighted by Gasteiger charge is -2.38. The van der Waals surface area contributed by atoms with E-state index < -0.39 is 5.60 Å². The summed E-state index contributed by atoms with van der Waals surface area (Å²) >= 11 is 6.03. The van der Waals surface area contributed by atoms with Crippen LogP contribution in [-0.4, -0.2) is 55.2 Å². The van der Waals surface area contributed by atoms with Gasteiger partial charge in [-0.2, -0.15) is 0 Å². The Morgan fingerprint density at radius 1 is 1.19 bits per heavy atom. The third kappa shape index (κ3) is 4.87. The van der Waals surface area contributed by atoms with E-state index in [1.165, 1.54) is 0 Å². The molecule has 1 aliphatic carbocycles. The molecule has 188 valence electrons. The summed E-state index contributed by atoms with van der Waals surface area (Å²) in [4.78, 5) is 6.91. The molecule has 2 aliphatic heterocycles. The average molecular weight is 515 g/mol. The van der Waals surface area contributed by atoms with Gasteiger partial charge in [-0.15, -0.1) is 5.10 Å². The Morgan fingerprint density at radius 3 is 2.81 bits per heavy atom. The van der Waals surface area contributed by atoms with E-state index in [2.05, 4.69) is 48.7 Å². The maximum atomic E-state index is 11.2. The topological polar surface area (TPSA) is 100 Å². The third-order valence-corrected chi connectivity index (χ3v) is 7.55. The Balaban J connectivity index is 1.19. The zero-order valence-corrected chi connectivity index (χ0v) is 21.0. The van der Waals surface area contributed by atoms with Crippen molar-refractivity contribution in [3.8, 4) is 5.88 Å². The van der Waals surface area contributed by atoms with Crippen molar-refractivity contribution in [2.45, 2.75) is 30.8 Å². The van der Waals surface area contributed by atoms with E-state index in [0.29, 0.717) is 29.6 Å². The largest absolute Gasteiger partial charge is 0.438 e. The Morgan fingerprint density at radius 2 is 2.03 bits per heavy atom. The van der Waals surface area contributed by atoms with Crippen LogP contribution in [0.1, 0.15) is 42.1 Å². The Bertz CT molecular complexity index is 1390. The van der Waals surface area contributed by atoms with E-state index in [0.717, 1.165) is 54.1 Å². The number of aromatic nitrogens is 5. The predicted molar refractivity (Wildman–Crippen MR) is 141 cm³/mol. The van der Waals surface area contributed by atoms with E-state index in [-0.39, 0.29) is 5.92 Å². The zero-order valence-electron chi connectivity index (χ0n) is 20.2. The highest BCUT2D eigenvalue weighted by atomic mass is 35.5. The minimum atomic E-state index is -0.797. The summed E-state index contributed by atoms with van der Waals surface area (Å²) in [5, 5.41) is 26.4. The lowest BCUT2D eigenvalue weighted by molar-refractivity contribution is -0.0254. The van der Waals surface area contributed by atoms with Gasteiger partial charge in [0.2, 0.25) is 5.88 Å². The van der Waals surface area contributed by atoms with Crippen LogP contribution in [0.2, 0.25) is 5.02 Å². The molecule has 9 heteroatoms. The number of H-pyrrole nitrogens is 1. The van der Waals surface area contributed by atoms with Crippen molar-refractivity contribution < 1.29 is 9.84 Å². The van der Waals surface area contributed by atoms with Crippen LogP contribution in [0.15, 0.2) is 84.3 Å². The fourth-order valence-electron chi connectivity index (χ4n) is 5.21. The molecule has 6 rings (SSSR count). The second kappa shape index (κ2) is 10.0. The quantitative estimate of drug-likeness (QED) is 0.514. The monoisotopic (exact) mass is 514 g/mol. The molecule has 0 bridgehead atoms. The van der Waals surface area contributed by atoms with Gasteiger partial charge in [0.05, 0.1) is 11.5 Å². The minimum Gasteiger partial charge on any atom is -0.438 e. The molecule has 3 aromatic rings. The van der Waals surface area contributed by atoms with Crippen molar-refractivity contribution in [1.82, 2.24) is 30.5 Å². The fraction of sp³-hybridized carbons (Fsp3) is 0.286. The number of aliphatic hydroxyl groups is 1. The molecule has 1 unspecified atom stereocenters. The summed E-state index contributed by atoms with van der Waals surface area (Å²) in [7, 11) is 0. The molecule has 0 saturated carbocycles. The van der Waals surface area contributed by atoms with Crippen molar-refractivity contribution in [3.05, 3.63) is 106 Å². The molecular weight excluding hydrogens is 488 g/mol. The van der Waals surface area contributed by atoms with Gasteiger partial charge >= 0.3 is 0 Å². The highest BCUT2D eigenvalue weighted by Gasteiger charge is 2.34. The summed E-state index contributed by atoms with van der Waals surface area (Å²) < 4.78 is 6.25. The number of likely N-dealkylation sites (tertiary alicyclic amines) is 1. The number of hydrogen-bond acceptors (Lipinski definition) is 7. The standard InChI is InChI=1S/C28H27ClN6O2/c29-21-10-8-20(9-11-21)28(36)12-16-35(17-13-28)15-3-4-19-18-24-23(26-31-33-34-32-26)5-1-7-25(24)37-27-22(19)6-2-14-30-27/h1-2,4-11,14,18,23,36H,3,12-13,15-17H2,(H,31,32,33,34). The van der Waals surface area contributed by atoms with Crippen LogP contribution in [0, 0.1) is 0 Å². The Kier molecular flexibility index (Phi) is 6.46. The first-order valence-corrected chi connectivity index (χ1v) is 12.9. The van der Waals surface area contributed by atoms with Gasteiger partial charge in [0.1, 0.15) is 5.76 Å². The SMILES string of the molecule is OC1(c2ccc(Cl)cc2)CCN(CCC=C2C=C3C(=CC=CC3c3nnn[nH]3)Oc3ncccc32)CC1. The number of hydrogen-bond donors (Lipinski definition) is 2. The van der Waals surface area contributed by atoms with E-state index in [4.69, 9.17) is 16.3 Å². The van der Waals surface area contributed by atoms with Crippen LogP contribution in [-0.2, 0) is 5.60 Å². The highest BCUT2D eigenvalue weighted by Crippen LogP contribution is 2.40. The summed E-state index contributed by atoms with van der Waals surface area (Å²) in [6, 6.07) is 11.5. The molecule has 1 fully saturated rings. The molecule has 2 aromatic heterocycles. The summed E-state index contributed by atoms with van der Waals surface area (Å²) in [6.07, 6.45) is 14.4. The molecule has 0 spiro atoms. The molecule has 2 N–H and O–H groups in total. The average Bonchev–Trinajstić information content (AvgIpc) is 3.40. The van der Waals surface area contributed by atoms with E-state index in [1.807, 2.05) is 48.6 Å².